The van der Waals surface area contributed by atoms with E-state index in [2.05, 4.69) is 152 Å². The third-order valence-electron chi connectivity index (χ3n) is 9.21. The Hall–Kier alpha value is -5.31. The second kappa shape index (κ2) is 11.2. The highest BCUT2D eigenvalue weighted by atomic mass is 32.2. The minimum absolute atomic E-state index is 0.931. The van der Waals surface area contributed by atoms with E-state index in [1.165, 1.54) is 72.1 Å². The summed E-state index contributed by atoms with van der Waals surface area (Å²) in [6.07, 6.45) is 0. The summed E-state index contributed by atoms with van der Waals surface area (Å²) in [5.41, 5.74) is 17.2. The molecule has 8 aromatic rings. The summed E-state index contributed by atoms with van der Waals surface area (Å²) < 4.78 is 6.23. The van der Waals surface area contributed by atoms with Crippen LogP contribution in [0.2, 0.25) is 0 Å². The fourth-order valence-corrected chi connectivity index (χ4v) is 7.98. The summed E-state index contributed by atoms with van der Waals surface area (Å²) in [7, 11) is 0. The predicted octanol–water partition coefficient (Wildman–Crippen LogP) is 12.7. The van der Waals surface area contributed by atoms with Gasteiger partial charge in [0.15, 0.2) is 0 Å². The van der Waals surface area contributed by atoms with Crippen molar-refractivity contribution < 1.29 is 4.42 Å². The van der Waals surface area contributed by atoms with Crippen LogP contribution in [0.3, 0.4) is 0 Å². The maximum atomic E-state index is 6.23. The van der Waals surface area contributed by atoms with Crippen molar-refractivity contribution in [3.05, 3.63) is 169 Å². The van der Waals surface area contributed by atoms with E-state index in [0.29, 0.717) is 0 Å². The summed E-state index contributed by atoms with van der Waals surface area (Å²) >= 11 is 2.00. The maximum Gasteiger partial charge on any atom is 0.136 e. The predicted molar refractivity (Wildman–Crippen MR) is 196 cm³/mol. The summed E-state index contributed by atoms with van der Waals surface area (Å²) in [6.45, 7) is 0. The van der Waals surface area contributed by atoms with Crippen LogP contribution in [-0.4, -0.2) is 0 Å². The minimum Gasteiger partial charge on any atom is -0.456 e. The second-order valence-corrected chi connectivity index (χ2v) is 13.0. The second-order valence-electron chi connectivity index (χ2n) is 12.0. The van der Waals surface area contributed by atoms with Gasteiger partial charge in [0, 0.05) is 22.3 Å². The van der Waals surface area contributed by atoms with Gasteiger partial charge in [-0.05, 0) is 109 Å². The van der Waals surface area contributed by atoms with Gasteiger partial charge < -0.3 is 4.42 Å². The first-order chi connectivity index (χ1) is 22.8. The largest absolute Gasteiger partial charge is 0.456 e. The average Bonchev–Trinajstić information content (AvgIpc) is 3.41. The Morgan fingerprint density at radius 3 is 1.76 bits per heavy atom. The topological polar surface area (TPSA) is 13.1 Å². The van der Waals surface area contributed by atoms with Gasteiger partial charge in [-0.1, -0.05) is 115 Å². The lowest BCUT2D eigenvalue weighted by Gasteiger charge is -2.15. The Bertz CT molecular complexity index is 2330. The highest BCUT2D eigenvalue weighted by Crippen LogP contribution is 2.43. The number of hydrogen-bond acceptors (Lipinski definition) is 2. The molecule has 0 N–H and O–H groups in total. The number of fused-ring (bicyclic) bond motifs is 6. The molecule has 9 rings (SSSR count). The SMILES string of the molecule is c1ccc(-c2cc(-c3ccccc3)cc(-c3ccc4c(c3)CSCc3ccc(-c5cccc6oc7ccccc7c56)cc3-4)c2)cc1. The zero-order valence-corrected chi connectivity index (χ0v) is 26.1. The Morgan fingerprint density at radius 1 is 0.370 bits per heavy atom. The molecule has 7 aromatic carbocycles. The van der Waals surface area contributed by atoms with Crippen LogP contribution >= 0.6 is 11.8 Å². The van der Waals surface area contributed by atoms with Crippen molar-refractivity contribution >= 4 is 33.7 Å². The normalized spacial score (nSPS) is 12.5. The van der Waals surface area contributed by atoms with E-state index in [1.54, 1.807) is 0 Å². The van der Waals surface area contributed by atoms with Gasteiger partial charge in [0.2, 0.25) is 0 Å². The molecule has 0 amide bonds. The molecule has 218 valence electrons. The van der Waals surface area contributed by atoms with Crippen LogP contribution in [0.4, 0.5) is 0 Å². The number of benzene rings is 7. The van der Waals surface area contributed by atoms with E-state index in [9.17, 15) is 0 Å². The van der Waals surface area contributed by atoms with Gasteiger partial charge in [-0.2, -0.15) is 11.8 Å². The quantitative estimate of drug-likeness (QED) is 0.198. The zero-order valence-electron chi connectivity index (χ0n) is 25.2. The summed E-state index contributed by atoms with van der Waals surface area (Å²) in [5.74, 6) is 1.99. The van der Waals surface area contributed by atoms with Gasteiger partial charge in [-0.25, -0.2) is 0 Å². The molecule has 0 unspecified atom stereocenters. The Kier molecular flexibility index (Phi) is 6.61. The minimum atomic E-state index is 0.931. The molecule has 2 heterocycles. The molecule has 0 atom stereocenters. The van der Waals surface area contributed by atoms with Gasteiger partial charge in [0.1, 0.15) is 11.2 Å². The third kappa shape index (κ3) is 4.74. The molecular formula is C44H30OS. The summed E-state index contributed by atoms with van der Waals surface area (Å²) in [6, 6.07) is 57.3. The molecule has 1 aliphatic rings. The molecule has 1 aromatic heterocycles. The molecule has 0 fully saturated rings. The lowest BCUT2D eigenvalue weighted by Crippen LogP contribution is -1.92. The number of para-hydroxylation sites is 1. The van der Waals surface area contributed by atoms with E-state index in [0.717, 1.165) is 28.1 Å². The molecule has 1 aliphatic heterocycles. The Labute approximate surface area is 273 Å². The highest BCUT2D eigenvalue weighted by Gasteiger charge is 2.19. The lowest BCUT2D eigenvalue weighted by atomic mass is 9.89. The van der Waals surface area contributed by atoms with E-state index >= 15 is 0 Å². The van der Waals surface area contributed by atoms with Crippen molar-refractivity contribution in [3.8, 4) is 55.6 Å². The number of thioether (sulfide) groups is 1. The van der Waals surface area contributed by atoms with Crippen LogP contribution < -0.4 is 0 Å². The van der Waals surface area contributed by atoms with Gasteiger partial charge in [-0.15, -0.1) is 0 Å². The molecule has 0 spiro atoms. The monoisotopic (exact) mass is 606 g/mol. The van der Waals surface area contributed by atoms with E-state index in [4.69, 9.17) is 4.42 Å². The fraction of sp³-hybridized carbons (Fsp3) is 0.0455. The molecule has 0 saturated heterocycles. The van der Waals surface area contributed by atoms with Crippen LogP contribution in [0, 0.1) is 0 Å². The first kappa shape index (κ1) is 27.0. The third-order valence-corrected chi connectivity index (χ3v) is 10.2. The molecule has 0 aliphatic carbocycles. The van der Waals surface area contributed by atoms with Crippen molar-refractivity contribution in [2.75, 3.05) is 0 Å². The first-order valence-corrected chi connectivity index (χ1v) is 16.9. The van der Waals surface area contributed by atoms with Crippen molar-refractivity contribution in [3.63, 3.8) is 0 Å². The Morgan fingerprint density at radius 2 is 1.00 bits per heavy atom. The zero-order chi connectivity index (χ0) is 30.5. The molecule has 2 heteroatoms. The molecule has 1 nitrogen and oxygen atoms in total. The van der Waals surface area contributed by atoms with E-state index in [-0.39, 0.29) is 0 Å². The number of furan rings is 1. The lowest BCUT2D eigenvalue weighted by molar-refractivity contribution is 0.669. The van der Waals surface area contributed by atoms with Crippen LogP contribution in [-0.2, 0) is 11.5 Å². The smallest absolute Gasteiger partial charge is 0.136 e. The summed E-state index contributed by atoms with van der Waals surface area (Å²) in [4.78, 5) is 0. The van der Waals surface area contributed by atoms with Gasteiger partial charge >= 0.3 is 0 Å². The summed E-state index contributed by atoms with van der Waals surface area (Å²) in [5, 5.41) is 2.35. The highest BCUT2D eigenvalue weighted by molar-refractivity contribution is 7.97. The first-order valence-electron chi connectivity index (χ1n) is 15.8. The maximum absolute atomic E-state index is 6.23. The molecule has 0 bridgehead atoms. The van der Waals surface area contributed by atoms with Crippen LogP contribution in [0.1, 0.15) is 11.1 Å². The fourth-order valence-electron chi connectivity index (χ4n) is 6.95. The number of rotatable bonds is 4. The molecule has 46 heavy (non-hydrogen) atoms. The standard InChI is InChI=1S/C44H30OS/c1-3-10-29(11-4-1)34-23-35(30-12-5-2-6-13-30)25-36(24-34)31-20-21-38-37(22-31)28-46-27-33-19-18-32(26-41(33)38)39-15-9-17-43-44(39)40-14-7-8-16-42(40)45-43/h1-26H,27-28H2. The Balaban J connectivity index is 1.17. The molecule has 0 saturated carbocycles. The van der Waals surface area contributed by atoms with Crippen molar-refractivity contribution in [1.82, 2.24) is 0 Å². The van der Waals surface area contributed by atoms with E-state index < -0.39 is 0 Å². The van der Waals surface area contributed by atoms with Gasteiger partial charge in [-0.3, -0.25) is 0 Å². The van der Waals surface area contributed by atoms with Gasteiger partial charge in [0.25, 0.3) is 0 Å². The molecular weight excluding hydrogens is 577 g/mol. The molecule has 0 radical (unpaired) electrons. The number of hydrogen-bond donors (Lipinski definition) is 0. The van der Waals surface area contributed by atoms with Crippen LogP contribution in [0.15, 0.2) is 162 Å². The van der Waals surface area contributed by atoms with Crippen molar-refractivity contribution in [1.29, 1.82) is 0 Å². The van der Waals surface area contributed by atoms with Crippen molar-refractivity contribution in [2.45, 2.75) is 11.5 Å². The van der Waals surface area contributed by atoms with Crippen LogP contribution in [0.5, 0.6) is 0 Å². The van der Waals surface area contributed by atoms with E-state index in [1.807, 2.05) is 17.8 Å². The average molecular weight is 607 g/mol. The van der Waals surface area contributed by atoms with Crippen molar-refractivity contribution in [2.24, 2.45) is 0 Å². The van der Waals surface area contributed by atoms with Crippen LogP contribution in [0.25, 0.3) is 77.6 Å². The van der Waals surface area contributed by atoms with Gasteiger partial charge in [0.05, 0.1) is 0 Å².